The first kappa shape index (κ1) is 22.5. The first-order valence-electron chi connectivity index (χ1n) is 9.18. The van der Waals surface area contributed by atoms with Gasteiger partial charge in [0.2, 0.25) is 0 Å². The molecule has 1 aromatic heterocycles. The molecule has 0 atom stereocenters. The Morgan fingerprint density at radius 1 is 1.40 bits per heavy atom. The molecule has 0 aliphatic heterocycles. The van der Waals surface area contributed by atoms with E-state index in [0.29, 0.717) is 17.7 Å². The molecule has 7 nitrogen and oxygen atoms in total. The van der Waals surface area contributed by atoms with Crippen LogP contribution in [-0.2, 0) is 11.4 Å². The van der Waals surface area contributed by atoms with Crippen LogP contribution in [-0.4, -0.2) is 45.8 Å². The van der Waals surface area contributed by atoms with E-state index in [4.69, 9.17) is 9.94 Å². The molecular weight excluding hydrogens is 475 g/mol. The van der Waals surface area contributed by atoms with Crippen LogP contribution in [0.25, 0.3) is 11.0 Å². The number of carbonyl (C=O) groups is 1. The third kappa shape index (κ3) is 4.94. The maximum absolute atomic E-state index is 15.5. The van der Waals surface area contributed by atoms with Crippen molar-refractivity contribution in [3.05, 3.63) is 52.0 Å². The number of benzene rings is 2. The molecule has 30 heavy (non-hydrogen) atoms. The first-order chi connectivity index (χ1) is 14.5. The fraction of sp³-hybridized carbons (Fsp3) is 0.300. The Morgan fingerprint density at radius 3 is 2.90 bits per heavy atom. The van der Waals surface area contributed by atoms with E-state index < -0.39 is 11.7 Å². The number of aliphatic hydroxyl groups excluding tert-OH is 1. The summed E-state index contributed by atoms with van der Waals surface area (Å²) in [5.41, 5.74) is 4.56. The summed E-state index contributed by atoms with van der Waals surface area (Å²) in [6.45, 7) is 2.19. The number of nitrogens with one attached hydrogen (secondary N) is 2. The first-order valence-corrected chi connectivity index (χ1v) is 11.4. The zero-order chi connectivity index (χ0) is 21.7. The number of anilines is 2. The second-order valence-corrected chi connectivity index (χ2v) is 8.40. The monoisotopic (exact) mass is 496 g/mol. The third-order valence-corrected chi connectivity index (χ3v) is 5.53. The molecule has 160 valence electrons. The van der Waals surface area contributed by atoms with Crippen LogP contribution in [0.2, 0.25) is 0 Å². The van der Waals surface area contributed by atoms with Gasteiger partial charge in [-0.1, -0.05) is 15.9 Å². The van der Waals surface area contributed by atoms with Gasteiger partial charge in [-0.15, -0.1) is 0 Å². The average Bonchev–Trinajstić information content (AvgIpc) is 3.13. The number of carbonyl (C=O) groups excluding carboxylic acids is 1. The number of imidazole rings is 1. The lowest BCUT2D eigenvalue weighted by Crippen LogP contribution is -2.26. The number of halogens is 2. The summed E-state index contributed by atoms with van der Waals surface area (Å²) in [6.07, 6.45) is 3.56. The average molecular weight is 497 g/mol. The van der Waals surface area contributed by atoms with E-state index >= 15 is 4.39 Å². The molecule has 0 aliphatic rings. The van der Waals surface area contributed by atoms with Crippen molar-refractivity contribution in [1.82, 2.24) is 15.0 Å². The van der Waals surface area contributed by atoms with Crippen LogP contribution < -0.4 is 10.8 Å². The topological polar surface area (TPSA) is 88.4 Å². The van der Waals surface area contributed by atoms with E-state index in [1.807, 2.05) is 29.9 Å². The van der Waals surface area contributed by atoms with Crippen LogP contribution in [0.4, 0.5) is 15.8 Å². The van der Waals surface area contributed by atoms with Crippen LogP contribution >= 0.6 is 27.7 Å². The quantitative estimate of drug-likeness (QED) is 0.306. The second-order valence-electron chi connectivity index (χ2n) is 6.50. The molecule has 0 radical (unpaired) electrons. The van der Waals surface area contributed by atoms with E-state index in [2.05, 4.69) is 31.7 Å². The number of thioether (sulfide) groups is 1. The minimum absolute atomic E-state index is 0.00753. The predicted octanol–water partition coefficient (Wildman–Crippen LogP) is 4.01. The Hall–Kier alpha value is -2.14. The summed E-state index contributed by atoms with van der Waals surface area (Å²) in [5.74, 6) is -0.420. The lowest BCUT2D eigenvalue weighted by molar-refractivity contribution is 0.0169. The number of hydrogen-bond donors (Lipinski definition) is 3. The number of hydroxylamine groups is 1. The van der Waals surface area contributed by atoms with Crippen molar-refractivity contribution in [2.24, 2.45) is 0 Å². The number of rotatable bonds is 9. The zero-order valence-corrected chi connectivity index (χ0v) is 18.9. The number of hydrogen-bond acceptors (Lipinski definition) is 6. The van der Waals surface area contributed by atoms with E-state index in [-0.39, 0.29) is 30.0 Å². The van der Waals surface area contributed by atoms with E-state index in [1.54, 1.807) is 30.2 Å². The van der Waals surface area contributed by atoms with Gasteiger partial charge >= 0.3 is 0 Å². The molecule has 1 heterocycles. The normalized spacial score (nSPS) is 11.1. The lowest BCUT2D eigenvalue weighted by atomic mass is 10.1. The van der Waals surface area contributed by atoms with E-state index in [9.17, 15) is 4.79 Å². The highest BCUT2D eigenvalue weighted by molar-refractivity contribution is 9.10. The maximum Gasteiger partial charge on any atom is 0.277 e. The van der Waals surface area contributed by atoms with Crippen molar-refractivity contribution in [2.75, 3.05) is 30.5 Å². The van der Waals surface area contributed by atoms with Gasteiger partial charge in [-0.2, -0.15) is 11.8 Å². The Labute approximate surface area is 186 Å². The zero-order valence-electron chi connectivity index (χ0n) is 16.5. The molecule has 3 rings (SSSR count). The molecule has 0 bridgehead atoms. The van der Waals surface area contributed by atoms with Crippen molar-refractivity contribution >= 4 is 56.0 Å². The van der Waals surface area contributed by atoms with Crippen LogP contribution in [0.1, 0.15) is 15.9 Å². The van der Waals surface area contributed by atoms with Gasteiger partial charge in [0.25, 0.3) is 5.91 Å². The van der Waals surface area contributed by atoms with E-state index in [0.717, 1.165) is 15.8 Å². The minimum Gasteiger partial charge on any atom is -0.394 e. The predicted molar refractivity (Wildman–Crippen MR) is 121 cm³/mol. The van der Waals surface area contributed by atoms with Crippen molar-refractivity contribution in [1.29, 1.82) is 0 Å². The molecular formula is C20H22BrFN4O3S. The van der Waals surface area contributed by atoms with Crippen LogP contribution in [0, 0.1) is 12.7 Å². The fourth-order valence-corrected chi connectivity index (χ4v) is 3.80. The highest BCUT2D eigenvalue weighted by atomic mass is 79.9. The Morgan fingerprint density at radius 2 is 2.20 bits per heavy atom. The van der Waals surface area contributed by atoms with Crippen LogP contribution in [0.15, 0.2) is 35.1 Å². The minimum atomic E-state index is -0.626. The highest BCUT2D eigenvalue weighted by Crippen LogP contribution is 2.32. The van der Waals surface area contributed by atoms with Crippen LogP contribution in [0.3, 0.4) is 0 Å². The molecule has 10 heteroatoms. The third-order valence-electron chi connectivity index (χ3n) is 4.44. The number of fused-ring (bicyclic) bond motifs is 1. The molecule has 0 saturated heterocycles. The molecule has 0 saturated carbocycles. The highest BCUT2D eigenvalue weighted by Gasteiger charge is 2.22. The molecule has 1 amide bonds. The second kappa shape index (κ2) is 10.3. The molecule has 3 aromatic rings. The number of aromatic nitrogens is 2. The SMILES string of the molecule is CSCCn1cnc2c(F)c(Nc3ccc(Br)cc3C)c(C(=O)NOCCO)cc21. The molecule has 3 N–H and O–H groups in total. The summed E-state index contributed by atoms with van der Waals surface area (Å²) < 4.78 is 18.2. The Bertz CT molecular complexity index is 1060. The number of aliphatic hydroxyl groups is 1. The summed E-state index contributed by atoms with van der Waals surface area (Å²) >= 11 is 5.07. The Balaban J connectivity index is 2.09. The summed E-state index contributed by atoms with van der Waals surface area (Å²) in [6, 6.07) is 7.11. The van der Waals surface area contributed by atoms with E-state index in [1.165, 1.54) is 0 Å². The van der Waals surface area contributed by atoms with Gasteiger partial charge in [0.05, 0.1) is 36.3 Å². The van der Waals surface area contributed by atoms with Gasteiger partial charge in [0.15, 0.2) is 5.82 Å². The van der Waals surface area contributed by atoms with Gasteiger partial charge in [0.1, 0.15) is 5.52 Å². The van der Waals surface area contributed by atoms with Crippen molar-refractivity contribution in [3.8, 4) is 0 Å². The molecule has 0 unspecified atom stereocenters. The van der Waals surface area contributed by atoms with Gasteiger partial charge in [-0.25, -0.2) is 14.9 Å². The largest absolute Gasteiger partial charge is 0.394 e. The molecule has 0 spiro atoms. The number of nitrogens with zero attached hydrogens (tertiary/aromatic N) is 2. The standard InChI is InChI=1S/C20H22BrFN4O3S/c1-12-9-13(21)3-4-15(12)24-18-14(20(28)25-29-7-6-27)10-16-19(17(18)22)23-11-26(16)5-8-30-2/h3-4,9-11,24,27H,5-8H2,1-2H3,(H,25,28). The summed E-state index contributed by atoms with van der Waals surface area (Å²) in [7, 11) is 0. The maximum atomic E-state index is 15.5. The number of aryl methyl sites for hydroxylation is 2. The van der Waals surface area contributed by atoms with Crippen LogP contribution in [0.5, 0.6) is 0 Å². The summed E-state index contributed by atoms with van der Waals surface area (Å²) in [5, 5.41) is 11.9. The summed E-state index contributed by atoms with van der Waals surface area (Å²) in [4.78, 5) is 21.9. The van der Waals surface area contributed by atoms with Gasteiger partial charge in [0, 0.05) is 22.5 Å². The molecule has 2 aromatic carbocycles. The fourth-order valence-electron chi connectivity index (χ4n) is 2.95. The molecule has 0 fully saturated rings. The Kier molecular flexibility index (Phi) is 7.70. The number of amides is 1. The molecule has 0 aliphatic carbocycles. The van der Waals surface area contributed by atoms with Crippen molar-refractivity contribution in [2.45, 2.75) is 13.5 Å². The van der Waals surface area contributed by atoms with Crippen molar-refractivity contribution < 1.29 is 19.1 Å². The van der Waals surface area contributed by atoms with Gasteiger partial charge < -0.3 is 15.0 Å². The van der Waals surface area contributed by atoms with Gasteiger partial charge in [-0.3, -0.25) is 9.63 Å². The van der Waals surface area contributed by atoms with Crippen molar-refractivity contribution in [3.63, 3.8) is 0 Å². The smallest absolute Gasteiger partial charge is 0.277 e. The van der Waals surface area contributed by atoms with Gasteiger partial charge in [-0.05, 0) is 43.0 Å². The lowest BCUT2D eigenvalue weighted by Gasteiger charge is -2.16.